The molecule has 0 aromatic carbocycles. The maximum absolute atomic E-state index is 12.2. The Balaban J connectivity index is 1.90. The van der Waals surface area contributed by atoms with Gasteiger partial charge in [0.25, 0.3) is 11.5 Å². The molecule has 1 amide bonds. The van der Waals surface area contributed by atoms with E-state index in [0.29, 0.717) is 19.7 Å². The van der Waals surface area contributed by atoms with E-state index in [-0.39, 0.29) is 23.2 Å². The molecule has 1 atom stereocenters. The van der Waals surface area contributed by atoms with Crippen molar-refractivity contribution in [1.82, 2.24) is 20.0 Å². The van der Waals surface area contributed by atoms with Crippen LogP contribution in [0.2, 0.25) is 0 Å². The van der Waals surface area contributed by atoms with Gasteiger partial charge in [-0.05, 0) is 13.0 Å². The van der Waals surface area contributed by atoms with Crippen molar-refractivity contribution in [1.29, 1.82) is 0 Å². The van der Waals surface area contributed by atoms with E-state index in [2.05, 4.69) is 22.2 Å². The monoisotopic (exact) mass is 324 g/mol. The summed E-state index contributed by atoms with van der Waals surface area (Å²) in [6.07, 6.45) is 0. The Kier molecular flexibility index (Phi) is 6.69. The number of nitrogens with zero attached hydrogens (tertiary/aromatic N) is 3. The summed E-state index contributed by atoms with van der Waals surface area (Å²) in [4.78, 5) is 26.1. The third-order valence-corrected chi connectivity index (χ3v) is 3.83. The lowest BCUT2D eigenvalue weighted by atomic mass is 10.2. The van der Waals surface area contributed by atoms with Gasteiger partial charge in [-0.1, -0.05) is 0 Å². The highest BCUT2D eigenvalue weighted by atomic mass is 16.5. The summed E-state index contributed by atoms with van der Waals surface area (Å²) in [6, 6.07) is 3.02. The summed E-state index contributed by atoms with van der Waals surface area (Å²) in [5.74, 6) is -0.281. The van der Waals surface area contributed by atoms with Crippen molar-refractivity contribution in [3.8, 4) is 0 Å². The predicted octanol–water partition coefficient (Wildman–Crippen LogP) is -0.660. The molecule has 1 saturated heterocycles. The van der Waals surface area contributed by atoms with Crippen molar-refractivity contribution in [2.75, 3.05) is 46.6 Å². The molecule has 1 aliphatic rings. The normalized spacial score (nSPS) is 17.0. The van der Waals surface area contributed by atoms with Crippen molar-refractivity contribution in [3.63, 3.8) is 0 Å². The zero-order valence-corrected chi connectivity index (χ0v) is 13.7. The van der Waals surface area contributed by atoms with E-state index in [1.807, 2.05) is 0 Å². The van der Waals surface area contributed by atoms with E-state index < -0.39 is 0 Å². The predicted molar refractivity (Wildman–Crippen MR) is 84.6 cm³/mol. The molecule has 1 fully saturated rings. The molecule has 23 heavy (non-hydrogen) atoms. The SMILES string of the molecule is COCCn1nc(C(=O)NC[C@H](C)N2CCOCC2)ccc1=O. The third-order valence-electron chi connectivity index (χ3n) is 3.83. The molecular formula is C15H24N4O4. The van der Waals surface area contributed by atoms with Crippen molar-refractivity contribution >= 4 is 5.91 Å². The van der Waals surface area contributed by atoms with Crippen LogP contribution in [0, 0.1) is 0 Å². The molecule has 1 N–H and O–H groups in total. The Morgan fingerprint density at radius 2 is 2.17 bits per heavy atom. The molecule has 2 rings (SSSR count). The number of aromatic nitrogens is 2. The maximum atomic E-state index is 12.2. The maximum Gasteiger partial charge on any atom is 0.271 e. The fourth-order valence-electron chi connectivity index (χ4n) is 2.39. The van der Waals surface area contributed by atoms with Crippen LogP contribution in [0.5, 0.6) is 0 Å². The van der Waals surface area contributed by atoms with Gasteiger partial charge in [0.05, 0.1) is 26.4 Å². The van der Waals surface area contributed by atoms with Crippen LogP contribution >= 0.6 is 0 Å². The molecule has 128 valence electrons. The van der Waals surface area contributed by atoms with Gasteiger partial charge in [0.1, 0.15) is 5.69 Å². The highest BCUT2D eigenvalue weighted by Crippen LogP contribution is 2.02. The third kappa shape index (κ3) is 5.12. The Labute approximate surface area is 135 Å². The summed E-state index contributed by atoms with van der Waals surface area (Å²) in [5.41, 5.74) is -0.0184. The first kappa shape index (κ1) is 17.6. The van der Waals surface area contributed by atoms with Gasteiger partial charge >= 0.3 is 0 Å². The molecule has 2 heterocycles. The van der Waals surface area contributed by atoms with Gasteiger partial charge in [-0.3, -0.25) is 14.5 Å². The number of rotatable bonds is 7. The molecule has 0 radical (unpaired) electrons. The van der Waals surface area contributed by atoms with E-state index in [0.717, 1.165) is 26.3 Å². The Bertz CT molecular complexity index is 569. The zero-order chi connectivity index (χ0) is 16.7. The number of carbonyl (C=O) groups is 1. The van der Waals surface area contributed by atoms with Crippen LogP contribution in [0.3, 0.4) is 0 Å². The average Bonchev–Trinajstić information content (AvgIpc) is 2.59. The van der Waals surface area contributed by atoms with Gasteiger partial charge in [0, 0.05) is 38.9 Å². The van der Waals surface area contributed by atoms with Crippen LogP contribution in [0.15, 0.2) is 16.9 Å². The fourth-order valence-corrected chi connectivity index (χ4v) is 2.39. The second-order valence-corrected chi connectivity index (χ2v) is 5.48. The van der Waals surface area contributed by atoms with Crippen LogP contribution in [-0.2, 0) is 16.0 Å². The minimum absolute atomic E-state index is 0.224. The van der Waals surface area contributed by atoms with Crippen LogP contribution < -0.4 is 10.9 Å². The van der Waals surface area contributed by atoms with E-state index in [1.165, 1.54) is 16.8 Å². The van der Waals surface area contributed by atoms with Crippen LogP contribution in [-0.4, -0.2) is 73.2 Å². The van der Waals surface area contributed by atoms with Crippen molar-refractivity contribution in [2.24, 2.45) is 0 Å². The molecule has 0 spiro atoms. The molecule has 0 bridgehead atoms. The smallest absolute Gasteiger partial charge is 0.271 e. The quantitative estimate of drug-likeness (QED) is 0.717. The van der Waals surface area contributed by atoms with Gasteiger partial charge in [-0.15, -0.1) is 0 Å². The van der Waals surface area contributed by atoms with Crippen LogP contribution in [0.4, 0.5) is 0 Å². The van der Waals surface area contributed by atoms with Gasteiger partial charge in [0.2, 0.25) is 0 Å². The second kappa shape index (κ2) is 8.76. The minimum atomic E-state index is -0.281. The lowest BCUT2D eigenvalue weighted by Crippen LogP contribution is -2.47. The summed E-state index contributed by atoms with van der Waals surface area (Å²) in [6.45, 7) is 6.48. The number of hydrogen-bond donors (Lipinski definition) is 1. The first-order valence-electron chi connectivity index (χ1n) is 7.79. The van der Waals surface area contributed by atoms with Gasteiger partial charge < -0.3 is 14.8 Å². The van der Waals surface area contributed by atoms with Crippen molar-refractivity contribution in [2.45, 2.75) is 19.5 Å². The number of carbonyl (C=O) groups excluding carboxylic acids is 1. The molecule has 0 aliphatic carbocycles. The lowest BCUT2D eigenvalue weighted by Gasteiger charge is -2.32. The number of ether oxygens (including phenoxy) is 2. The second-order valence-electron chi connectivity index (χ2n) is 5.48. The number of nitrogens with one attached hydrogen (secondary N) is 1. The summed E-state index contributed by atoms with van der Waals surface area (Å²) in [5, 5.41) is 6.95. The highest BCUT2D eigenvalue weighted by molar-refractivity contribution is 5.91. The van der Waals surface area contributed by atoms with Crippen LogP contribution in [0.25, 0.3) is 0 Å². The molecular weight excluding hydrogens is 300 g/mol. The molecule has 8 heteroatoms. The number of methoxy groups -OCH3 is 1. The number of morpholine rings is 1. The van der Waals surface area contributed by atoms with Gasteiger partial charge in [-0.2, -0.15) is 5.10 Å². The van der Waals surface area contributed by atoms with E-state index in [9.17, 15) is 9.59 Å². The van der Waals surface area contributed by atoms with E-state index in [1.54, 1.807) is 7.11 Å². The first-order chi connectivity index (χ1) is 11.1. The highest BCUT2D eigenvalue weighted by Gasteiger charge is 2.18. The molecule has 1 aromatic rings. The van der Waals surface area contributed by atoms with E-state index in [4.69, 9.17) is 9.47 Å². The minimum Gasteiger partial charge on any atom is -0.383 e. The number of amides is 1. The fraction of sp³-hybridized carbons (Fsp3) is 0.667. The molecule has 1 aromatic heterocycles. The first-order valence-corrected chi connectivity index (χ1v) is 7.79. The molecule has 0 saturated carbocycles. The summed E-state index contributed by atoms with van der Waals surface area (Å²) < 4.78 is 11.5. The number of hydrogen-bond acceptors (Lipinski definition) is 6. The summed E-state index contributed by atoms with van der Waals surface area (Å²) >= 11 is 0. The van der Waals surface area contributed by atoms with Crippen LogP contribution in [0.1, 0.15) is 17.4 Å². The van der Waals surface area contributed by atoms with Crippen molar-refractivity contribution in [3.05, 3.63) is 28.2 Å². The molecule has 8 nitrogen and oxygen atoms in total. The van der Waals surface area contributed by atoms with Gasteiger partial charge in [0.15, 0.2) is 0 Å². The molecule has 1 aliphatic heterocycles. The lowest BCUT2D eigenvalue weighted by molar-refractivity contribution is 0.0204. The standard InChI is InChI=1S/C15H24N4O4/c1-12(18-5-9-23-10-6-18)11-16-15(21)13-3-4-14(20)19(17-13)7-8-22-2/h3-4,12H,5-11H2,1-2H3,(H,16,21)/t12-/m0/s1. The van der Waals surface area contributed by atoms with Crippen molar-refractivity contribution < 1.29 is 14.3 Å². The Morgan fingerprint density at radius 3 is 2.87 bits per heavy atom. The Morgan fingerprint density at radius 1 is 1.43 bits per heavy atom. The summed E-state index contributed by atoms with van der Waals surface area (Å²) in [7, 11) is 1.55. The average molecular weight is 324 g/mol. The van der Waals surface area contributed by atoms with E-state index >= 15 is 0 Å². The Hall–Kier alpha value is -1.77. The zero-order valence-electron chi connectivity index (χ0n) is 13.7. The molecule has 0 unspecified atom stereocenters. The topological polar surface area (TPSA) is 85.7 Å². The largest absolute Gasteiger partial charge is 0.383 e. The van der Waals surface area contributed by atoms with Gasteiger partial charge in [-0.25, -0.2) is 4.68 Å².